The van der Waals surface area contributed by atoms with E-state index in [1.54, 1.807) is 0 Å². The highest BCUT2D eigenvalue weighted by Crippen LogP contribution is 2.43. The first kappa shape index (κ1) is 9.07. The molecule has 0 fully saturated rings. The van der Waals surface area contributed by atoms with Crippen molar-refractivity contribution < 1.29 is 0 Å². The average molecular weight is 240 g/mol. The van der Waals surface area contributed by atoms with Crippen molar-refractivity contribution in [3.8, 4) is 0 Å². The van der Waals surface area contributed by atoms with Gasteiger partial charge in [0.1, 0.15) is 0 Å². The van der Waals surface area contributed by atoms with Crippen LogP contribution < -0.4 is 5.32 Å². The zero-order valence-electron chi connectivity index (χ0n) is 8.19. The molecule has 1 aliphatic heterocycles. The molecule has 1 atom stereocenters. The summed E-state index contributed by atoms with van der Waals surface area (Å²) in [7, 11) is 0. The first-order valence-corrected chi connectivity index (χ1v) is 5.38. The van der Waals surface area contributed by atoms with Crippen molar-refractivity contribution in [3.63, 3.8) is 0 Å². The van der Waals surface area contributed by atoms with Crippen LogP contribution in [0.5, 0.6) is 0 Å². The van der Waals surface area contributed by atoms with Crippen LogP contribution in [0.15, 0.2) is 22.7 Å². The Labute approximate surface area is 87.7 Å². The van der Waals surface area contributed by atoms with Crippen molar-refractivity contribution in [2.45, 2.75) is 32.2 Å². The van der Waals surface area contributed by atoms with E-state index in [0.717, 1.165) is 0 Å². The number of rotatable bonds is 0. The Morgan fingerprint density at radius 2 is 2.08 bits per heavy atom. The van der Waals surface area contributed by atoms with Crippen LogP contribution in [-0.4, -0.2) is 6.04 Å². The molecule has 0 saturated heterocycles. The fourth-order valence-electron chi connectivity index (χ4n) is 1.84. The molecular weight excluding hydrogens is 226 g/mol. The maximum atomic E-state index is 3.56. The molecule has 1 aliphatic rings. The van der Waals surface area contributed by atoms with Crippen LogP contribution in [0.1, 0.15) is 26.3 Å². The highest BCUT2D eigenvalue weighted by Gasteiger charge is 2.36. The minimum Gasteiger partial charge on any atom is -0.381 e. The van der Waals surface area contributed by atoms with Gasteiger partial charge in [-0.05, 0) is 34.5 Å². The molecule has 0 radical (unpaired) electrons. The highest BCUT2D eigenvalue weighted by molar-refractivity contribution is 9.10. The van der Waals surface area contributed by atoms with E-state index in [-0.39, 0.29) is 5.41 Å². The monoisotopic (exact) mass is 239 g/mol. The standard InChI is InChI=1S/C11H14BrN/c1-7-11(2,3)8-5-4-6-9(12)10(8)13-7/h4-7,13H,1-3H3. The smallest absolute Gasteiger partial charge is 0.0525 e. The molecule has 70 valence electrons. The number of halogens is 1. The second-order valence-electron chi connectivity index (χ2n) is 4.25. The summed E-state index contributed by atoms with van der Waals surface area (Å²) in [6.07, 6.45) is 0. The van der Waals surface area contributed by atoms with Gasteiger partial charge in [0.25, 0.3) is 0 Å². The van der Waals surface area contributed by atoms with Gasteiger partial charge in [0, 0.05) is 15.9 Å². The van der Waals surface area contributed by atoms with Crippen molar-refractivity contribution in [1.29, 1.82) is 0 Å². The molecule has 0 spiro atoms. The van der Waals surface area contributed by atoms with Gasteiger partial charge < -0.3 is 5.32 Å². The summed E-state index contributed by atoms with van der Waals surface area (Å²) < 4.78 is 1.17. The molecule has 0 amide bonds. The normalized spacial score (nSPS) is 23.8. The van der Waals surface area contributed by atoms with Gasteiger partial charge >= 0.3 is 0 Å². The van der Waals surface area contributed by atoms with E-state index in [2.05, 4.69) is 60.2 Å². The summed E-state index contributed by atoms with van der Waals surface area (Å²) in [4.78, 5) is 0. The summed E-state index contributed by atoms with van der Waals surface area (Å²) >= 11 is 3.56. The molecule has 1 aromatic carbocycles. The fraction of sp³-hybridized carbons (Fsp3) is 0.455. The average Bonchev–Trinajstić information content (AvgIpc) is 2.28. The van der Waals surface area contributed by atoms with Crippen LogP contribution in [0.25, 0.3) is 0 Å². The number of para-hydroxylation sites is 1. The second-order valence-corrected chi connectivity index (χ2v) is 5.10. The van der Waals surface area contributed by atoms with Crippen molar-refractivity contribution in [3.05, 3.63) is 28.2 Å². The molecule has 0 aromatic heterocycles. The van der Waals surface area contributed by atoms with Gasteiger partial charge in [0.15, 0.2) is 0 Å². The summed E-state index contributed by atoms with van der Waals surface area (Å²) in [5, 5.41) is 3.51. The minimum atomic E-state index is 0.235. The summed E-state index contributed by atoms with van der Waals surface area (Å²) in [5.74, 6) is 0. The largest absolute Gasteiger partial charge is 0.381 e. The van der Waals surface area contributed by atoms with Gasteiger partial charge in [-0.2, -0.15) is 0 Å². The Morgan fingerprint density at radius 3 is 2.69 bits per heavy atom. The van der Waals surface area contributed by atoms with Crippen molar-refractivity contribution in [2.24, 2.45) is 0 Å². The molecule has 13 heavy (non-hydrogen) atoms. The Balaban J connectivity index is 2.61. The van der Waals surface area contributed by atoms with Crippen molar-refractivity contribution >= 4 is 21.6 Å². The molecule has 2 heteroatoms. The minimum absolute atomic E-state index is 0.235. The van der Waals surface area contributed by atoms with Gasteiger partial charge in [-0.15, -0.1) is 0 Å². The Hall–Kier alpha value is -0.500. The number of hydrogen-bond acceptors (Lipinski definition) is 1. The van der Waals surface area contributed by atoms with Crippen LogP contribution in [0, 0.1) is 0 Å². The van der Waals surface area contributed by atoms with E-state index in [4.69, 9.17) is 0 Å². The van der Waals surface area contributed by atoms with E-state index in [1.165, 1.54) is 15.7 Å². The van der Waals surface area contributed by atoms with E-state index in [9.17, 15) is 0 Å². The van der Waals surface area contributed by atoms with Crippen LogP contribution in [-0.2, 0) is 5.41 Å². The van der Waals surface area contributed by atoms with Gasteiger partial charge in [0.05, 0.1) is 5.69 Å². The third kappa shape index (κ3) is 1.19. The van der Waals surface area contributed by atoms with E-state index in [0.29, 0.717) is 6.04 Å². The highest BCUT2D eigenvalue weighted by atomic mass is 79.9. The van der Waals surface area contributed by atoms with E-state index >= 15 is 0 Å². The first-order valence-electron chi connectivity index (χ1n) is 4.59. The van der Waals surface area contributed by atoms with Crippen molar-refractivity contribution in [1.82, 2.24) is 0 Å². The summed E-state index contributed by atoms with van der Waals surface area (Å²) in [6.45, 7) is 6.79. The predicted molar refractivity (Wildman–Crippen MR) is 60.3 cm³/mol. The summed E-state index contributed by atoms with van der Waals surface area (Å²) in [5.41, 5.74) is 2.91. The zero-order chi connectivity index (χ0) is 9.64. The maximum Gasteiger partial charge on any atom is 0.0525 e. The number of anilines is 1. The third-order valence-corrected chi connectivity index (χ3v) is 3.81. The zero-order valence-corrected chi connectivity index (χ0v) is 9.77. The lowest BCUT2D eigenvalue weighted by molar-refractivity contribution is 0.486. The van der Waals surface area contributed by atoms with Crippen LogP contribution in [0.2, 0.25) is 0 Å². The van der Waals surface area contributed by atoms with Crippen LogP contribution in [0.3, 0.4) is 0 Å². The van der Waals surface area contributed by atoms with Crippen LogP contribution in [0.4, 0.5) is 5.69 Å². The predicted octanol–water partition coefficient (Wildman–Crippen LogP) is 3.54. The lowest BCUT2D eigenvalue weighted by atomic mass is 9.81. The quantitative estimate of drug-likeness (QED) is 0.731. The SMILES string of the molecule is CC1Nc2c(Br)cccc2C1(C)C. The Morgan fingerprint density at radius 1 is 1.38 bits per heavy atom. The van der Waals surface area contributed by atoms with Gasteiger partial charge in [-0.3, -0.25) is 0 Å². The fourth-order valence-corrected chi connectivity index (χ4v) is 2.32. The van der Waals surface area contributed by atoms with E-state index < -0.39 is 0 Å². The lowest BCUT2D eigenvalue weighted by Gasteiger charge is -2.23. The molecule has 2 rings (SSSR count). The lowest BCUT2D eigenvalue weighted by Crippen LogP contribution is -2.29. The number of fused-ring (bicyclic) bond motifs is 1. The molecule has 0 saturated carbocycles. The third-order valence-electron chi connectivity index (χ3n) is 3.15. The molecule has 0 bridgehead atoms. The molecule has 1 aromatic rings. The Bertz CT molecular complexity index is 344. The van der Waals surface area contributed by atoms with E-state index in [1.807, 2.05) is 0 Å². The molecule has 0 aliphatic carbocycles. The molecule has 1 heterocycles. The molecule has 1 unspecified atom stereocenters. The first-order chi connectivity index (χ1) is 6.03. The summed E-state index contributed by atoms with van der Waals surface area (Å²) in [6, 6.07) is 6.89. The van der Waals surface area contributed by atoms with Gasteiger partial charge in [-0.1, -0.05) is 26.0 Å². The second kappa shape index (κ2) is 2.74. The number of hydrogen-bond donors (Lipinski definition) is 1. The molecule has 1 nitrogen and oxygen atoms in total. The maximum absolute atomic E-state index is 3.56. The van der Waals surface area contributed by atoms with Gasteiger partial charge in [-0.25, -0.2) is 0 Å². The van der Waals surface area contributed by atoms with Gasteiger partial charge in [0.2, 0.25) is 0 Å². The Kier molecular flexibility index (Phi) is 1.91. The molecule has 1 N–H and O–H groups in total. The van der Waals surface area contributed by atoms with Crippen molar-refractivity contribution in [2.75, 3.05) is 5.32 Å². The number of benzene rings is 1. The van der Waals surface area contributed by atoms with Crippen LogP contribution >= 0.6 is 15.9 Å². The number of nitrogens with one attached hydrogen (secondary N) is 1. The molecular formula is C11H14BrN. The topological polar surface area (TPSA) is 12.0 Å².